The lowest BCUT2D eigenvalue weighted by Crippen LogP contribution is -3.10. The van der Waals surface area contributed by atoms with Crippen molar-refractivity contribution in [3.8, 4) is 0 Å². The number of quaternary nitrogens is 1. The summed E-state index contributed by atoms with van der Waals surface area (Å²) in [7, 11) is 0. The fourth-order valence-corrected chi connectivity index (χ4v) is 5.52. The summed E-state index contributed by atoms with van der Waals surface area (Å²) in [6.07, 6.45) is 6.73. The molecule has 1 atom stereocenters. The number of rotatable bonds is 5. The molecule has 0 aliphatic heterocycles. The summed E-state index contributed by atoms with van der Waals surface area (Å²) in [5.74, 6) is 0.572. The molecule has 1 fully saturated rings. The van der Waals surface area contributed by atoms with Crippen LogP contribution < -0.4 is 10.5 Å². The molecular formula is C21H23FN3OS+. The molecule has 4 nitrogen and oxygen atoms in total. The molecule has 1 saturated carbocycles. The SMILES string of the molecule is O=c1[nH]c(C[NH+](Cc2ccccc2F)C2CC2)nc2sc3c(c12)CCCC3. The van der Waals surface area contributed by atoms with Gasteiger partial charge in [-0.2, -0.15) is 0 Å². The molecule has 0 amide bonds. The highest BCUT2D eigenvalue weighted by molar-refractivity contribution is 7.18. The normalized spacial score (nSPS) is 17.8. The van der Waals surface area contributed by atoms with Crippen molar-refractivity contribution in [1.29, 1.82) is 0 Å². The molecule has 0 bridgehead atoms. The zero-order chi connectivity index (χ0) is 18.4. The second-order valence-electron chi connectivity index (χ2n) is 7.78. The van der Waals surface area contributed by atoms with Crippen molar-refractivity contribution in [2.45, 2.75) is 57.7 Å². The van der Waals surface area contributed by atoms with Crippen LogP contribution in [-0.4, -0.2) is 16.0 Å². The highest BCUT2D eigenvalue weighted by Gasteiger charge is 2.34. The van der Waals surface area contributed by atoms with E-state index in [-0.39, 0.29) is 11.4 Å². The van der Waals surface area contributed by atoms with E-state index in [0.29, 0.717) is 19.1 Å². The number of H-pyrrole nitrogens is 1. The van der Waals surface area contributed by atoms with Gasteiger partial charge in [0.05, 0.1) is 11.4 Å². The van der Waals surface area contributed by atoms with Crippen molar-refractivity contribution in [3.63, 3.8) is 0 Å². The summed E-state index contributed by atoms with van der Waals surface area (Å²) in [5.41, 5.74) is 1.95. The summed E-state index contributed by atoms with van der Waals surface area (Å²) >= 11 is 1.69. The van der Waals surface area contributed by atoms with Gasteiger partial charge < -0.3 is 9.88 Å². The first-order valence-electron chi connectivity index (χ1n) is 9.80. The van der Waals surface area contributed by atoms with E-state index >= 15 is 0 Å². The summed E-state index contributed by atoms with van der Waals surface area (Å²) in [5, 5.41) is 0.806. The minimum Gasteiger partial charge on any atom is -0.322 e. The van der Waals surface area contributed by atoms with Crippen LogP contribution >= 0.6 is 11.3 Å². The van der Waals surface area contributed by atoms with Gasteiger partial charge in [-0.3, -0.25) is 4.79 Å². The van der Waals surface area contributed by atoms with Gasteiger partial charge in [-0.1, -0.05) is 18.2 Å². The number of hydrogen-bond acceptors (Lipinski definition) is 3. The average Bonchev–Trinajstić information content (AvgIpc) is 3.43. The highest BCUT2D eigenvalue weighted by Crippen LogP contribution is 2.33. The summed E-state index contributed by atoms with van der Waals surface area (Å²) < 4.78 is 14.1. The zero-order valence-corrected chi connectivity index (χ0v) is 16.0. The van der Waals surface area contributed by atoms with Crippen molar-refractivity contribution in [3.05, 3.63) is 62.3 Å². The van der Waals surface area contributed by atoms with E-state index in [1.807, 2.05) is 12.1 Å². The predicted octanol–water partition coefficient (Wildman–Crippen LogP) is 2.75. The van der Waals surface area contributed by atoms with Crippen LogP contribution in [-0.2, 0) is 25.9 Å². The Balaban J connectivity index is 1.46. The van der Waals surface area contributed by atoms with Crippen LogP contribution in [0.5, 0.6) is 0 Å². The van der Waals surface area contributed by atoms with Gasteiger partial charge in [0.2, 0.25) is 0 Å². The lowest BCUT2D eigenvalue weighted by atomic mass is 9.97. The molecule has 1 unspecified atom stereocenters. The highest BCUT2D eigenvalue weighted by atomic mass is 32.1. The maximum atomic E-state index is 14.1. The summed E-state index contributed by atoms with van der Waals surface area (Å²) in [4.78, 5) is 24.1. The molecule has 2 aliphatic carbocycles. The third-order valence-electron chi connectivity index (χ3n) is 5.80. The predicted molar refractivity (Wildman–Crippen MR) is 105 cm³/mol. The number of thiophene rings is 1. The quantitative estimate of drug-likeness (QED) is 0.711. The molecule has 2 N–H and O–H groups in total. The number of fused-ring (bicyclic) bond motifs is 3. The van der Waals surface area contributed by atoms with E-state index in [4.69, 9.17) is 4.98 Å². The van der Waals surface area contributed by atoms with E-state index in [2.05, 4.69) is 4.98 Å². The molecule has 0 radical (unpaired) electrons. The standard InChI is InChI=1S/C21H22FN3OS/c22-16-7-3-1-5-13(16)11-25(14-9-10-14)12-18-23-20(26)19-15-6-2-4-8-17(15)27-21(19)24-18/h1,3,5,7,14H,2,4,6,8-12H2,(H,23,24,26)/p+1. The molecule has 6 heteroatoms. The Labute approximate surface area is 161 Å². The van der Waals surface area contributed by atoms with Crippen LogP contribution in [0.15, 0.2) is 29.1 Å². The summed E-state index contributed by atoms with van der Waals surface area (Å²) in [6.45, 7) is 1.26. The number of nitrogens with one attached hydrogen (secondary N) is 2. The Hall–Kier alpha value is -2.05. The van der Waals surface area contributed by atoms with E-state index < -0.39 is 0 Å². The third kappa shape index (κ3) is 3.32. The Morgan fingerprint density at radius 2 is 2.00 bits per heavy atom. The number of benzene rings is 1. The minimum absolute atomic E-state index is 0.00422. The van der Waals surface area contributed by atoms with Crippen molar-refractivity contribution in [2.75, 3.05) is 0 Å². The molecule has 0 saturated heterocycles. The Morgan fingerprint density at radius 1 is 1.19 bits per heavy atom. The molecule has 1 aromatic carbocycles. The maximum Gasteiger partial charge on any atom is 0.260 e. The first-order valence-corrected chi connectivity index (χ1v) is 10.6. The molecule has 2 aliphatic rings. The van der Waals surface area contributed by atoms with Gasteiger partial charge in [0.25, 0.3) is 5.56 Å². The molecule has 5 rings (SSSR count). The average molecular weight is 385 g/mol. The fraction of sp³-hybridized carbons (Fsp3) is 0.429. The van der Waals surface area contributed by atoms with Crippen molar-refractivity contribution in [2.24, 2.45) is 0 Å². The van der Waals surface area contributed by atoms with Crippen LogP contribution in [0.2, 0.25) is 0 Å². The molecule has 2 heterocycles. The van der Waals surface area contributed by atoms with Crippen LogP contribution in [0.1, 0.15) is 47.5 Å². The smallest absolute Gasteiger partial charge is 0.260 e. The number of aromatic nitrogens is 2. The van der Waals surface area contributed by atoms with Gasteiger partial charge >= 0.3 is 0 Å². The first kappa shape index (κ1) is 17.1. The van der Waals surface area contributed by atoms with Gasteiger partial charge in [0.1, 0.15) is 23.7 Å². The van der Waals surface area contributed by atoms with E-state index in [0.717, 1.165) is 53.7 Å². The lowest BCUT2D eigenvalue weighted by Gasteiger charge is -2.19. The monoisotopic (exact) mass is 384 g/mol. The first-order chi connectivity index (χ1) is 13.2. The second kappa shape index (κ2) is 6.84. The number of aromatic amines is 1. The minimum atomic E-state index is -0.154. The van der Waals surface area contributed by atoms with Gasteiger partial charge in [-0.05, 0) is 37.3 Å². The third-order valence-corrected chi connectivity index (χ3v) is 6.98. The van der Waals surface area contributed by atoms with Crippen LogP contribution in [0.4, 0.5) is 4.39 Å². The van der Waals surface area contributed by atoms with Gasteiger partial charge in [0.15, 0.2) is 5.82 Å². The second-order valence-corrected chi connectivity index (χ2v) is 8.86. The van der Waals surface area contributed by atoms with Crippen molar-refractivity contribution < 1.29 is 9.29 Å². The Morgan fingerprint density at radius 3 is 2.81 bits per heavy atom. The van der Waals surface area contributed by atoms with Crippen molar-refractivity contribution in [1.82, 2.24) is 9.97 Å². The Kier molecular flexibility index (Phi) is 4.32. The molecule has 3 aromatic rings. The van der Waals surface area contributed by atoms with E-state index in [1.165, 1.54) is 27.8 Å². The number of nitrogens with zero attached hydrogens (tertiary/aromatic N) is 1. The molecular weight excluding hydrogens is 361 g/mol. The van der Waals surface area contributed by atoms with Crippen LogP contribution in [0.3, 0.4) is 0 Å². The topological polar surface area (TPSA) is 50.2 Å². The van der Waals surface area contributed by atoms with E-state index in [1.54, 1.807) is 17.4 Å². The van der Waals surface area contributed by atoms with Crippen molar-refractivity contribution >= 4 is 21.6 Å². The fourth-order valence-electron chi connectivity index (χ4n) is 4.24. The van der Waals surface area contributed by atoms with E-state index in [9.17, 15) is 9.18 Å². The largest absolute Gasteiger partial charge is 0.322 e. The molecule has 140 valence electrons. The van der Waals surface area contributed by atoms with Crippen LogP contribution in [0, 0.1) is 5.82 Å². The molecule has 0 spiro atoms. The molecule has 27 heavy (non-hydrogen) atoms. The summed E-state index contributed by atoms with van der Waals surface area (Å²) in [6, 6.07) is 7.50. The molecule has 2 aromatic heterocycles. The van der Waals surface area contributed by atoms with Gasteiger partial charge in [0, 0.05) is 23.3 Å². The van der Waals surface area contributed by atoms with Crippen LogP contribution in [0.25, 0.3) is 10.2 Å². The number of aryl methyl sites for hydroxylation is 2. The zero-order valence-electron chi connectivity index (χ0n) is 15.2. The van der Waals surface area contributed by atoms with Gasteiger partial charge in [-0.15, -0.1) is 11.3 Å². The van der Waals surface area contributed by atoms with Gasteiger partial charge in [-0.25, -0.2) is 9.37 Å². The lowest BCUT2D eigenvalue weighted by molar-refractivity contribution is -0.939. The number of hydrogen-bond donors (Lipinski definition) is 2. The Bertz CT molecular complexity index is 1050. The number of halogens is 1. The maximum absolute atomic E-state index is 14.1.